The minimum atomic E-state index is -1.02. The summed E-state index contributed by atoms with van der Waals surface area (Å²) in [5.41, 5.74) is -0.756. The lowest BCUT2D eigenvalue weighted by molar-refractivity contribution is -0.139. The predicted molar refractivity (Wildman–Crippen MR) is 91.6 cm³/mol. The highest BCUT2D eigenvalue weighted by molar-refractivity contribution is 6.09. The van der Waals surface area contributed by atoms with E-state index in [4.69, 9.17) is 0 Å². The zero-order chi connectivity index (χ0) is 19.5. The van der Waals surface area contributed by atoms with Gasteiger partial charge >= 0.3 is 6.03 Å². The molecule has 0 unspecified atom stereocenters. The van der Waals surface area contributed by atoms with E-state index in [0.29, 0.717) is 6.42 Å². The van der Waals surface area contributed by atoms with Gasteiger partial charge in [-0.25, -0.2) is 9.18 Å². The Kier molecular flexibility index (Phi) is 5.59. The minimum absolute atomic E-state index is 0.267. The zero-order valence-electron chi connectivity index (χ0n) is 14.8. The molecule has 1 aliphatic rings. The van der Waals surface area contributed by atoms with Gasteiger partial charge in [0.2, 0.25) is 11.8 Å². The zero-order valence-corrected chi connectivity index (χ0v) is 14.8. The molecule has 1 aromatic carbocycles. The van der Waals surface area contributed by atoms with Crippen LogP contribution in [0.1, 0.15) is 20.3 Å². The monoisotopic (exact) mass is 364 g/mol. The molecule has 2 N–H and O–H groups in total. The Bertz CT molecular complexity index is 754. The quantitative estimate of drug-likeness (QED) is 0.734. The van der Waals surface area contributed by atoms with Gasteiger partial charge in [-0.15, -0.1) is 0 Å². The number of likely N-dealkylation sites (N-methyl/N-ethyl adjacent to an activating group) is 1. The van der Waals surface area contributed by atoms with Crippen LogP contribution in [0.25, 0.3) is 0 Å². The van der Waals surface area contributed by atoms with Crippen LogP contribution in [0.2, 0.25) is 0 Å². The van der Waals surface area contributed by atoms with Crippen LogP contribution in [-0.2, 0) is 14.4 Å². The van der Waals surface area contributed by atoms with Crippen molar-refractivity contribution < 1.29 is 23.6 Å². The lowest BCUT2D eigenvalue weighted by atomic mass is 9.99. The number of amides is 5. The van der Waals surface area contributed by atoms with E-state index >= 15 is 0 Å². The number of anilines is 1. The summed E-state index contributed by atoms with van der Waals surface area (Å²) in [5.74, 6) is -2.06. The van der Waals surface area contributed by atoms with Crippen molar-refractivity contribution in [2.24, 2.45) is 0 Å². The molecule has 140 valence electrons. The number of benzene rings is 1. The normalized spacial score (nSPS) is 19.3. The molecule has 1 atom stereocenters. The lowest BCUT2D eigenvalue weighted by Crippen LogP contribution is -2.45. The summed E-state index contributed by atoms with van der Waals surface area (Å²) >= 11 is 0. The van der Waals surface area contributed by atoms with Crippen molar-refractivity contribution in [2.75, 3.05) is 25.5 Å². The molecule has 0 aromatic heterocycles. The van der Waals surface area contributed by atoms with Crippen molar-refractivity contribution >= 4 is 29.4 Å². The standard InChI is InChI=1S/C17H21FN4O4/c1-4-17(2)15(25)22(16(26)20-17)10-14(24)21(3)9-13(23)19-12-7-5-6-11(18)8-12/h5-8H,4,9-10H2,1-3H3,(H,19,23)(H,20,26)/t17-/m1/s1. The molecule has 0 spiro atoms. The first kappa shape index (κ1) is 19.4. The van der Waals surface area contributed by atoms with Crippen LogP contribution in [0.5, 0.6) is 0 Å². The van der Waals surface area contributed by atoms with Crippen molar-refractivity contribution in [3.05, 3.63) is 30.1 Å². The smallest absolute Gasteiger partial charge is 0.325 e. The summed E-state index contributed by atoms with van der Waals surface area (Å²) in [6.45, 7) is 2.59. The molecule has 0 radical (unpaired) electrons. The topological polar surface area (TPSA) is 98.8 Å². The van der Waals surface area contributed by atoms with E-state index in [2.05, 4.69) is 10.6 Å². The largest absolute Gasteiger partial charge is 0.335 e. The van der Waals surface area contributed by atoms with Crippen LogP contribution in [0, 0.1) is 5.82 Å². The maximum atomic E-state index is 13.1. The van der Waals surface area contributed by atoms with Gasteiger partial charge in [0.1, 0.15) is 17.9 Å². The Balaban J connectivity index is 1.92. The van der Waals surface area contributed by atoms with E-state index < -0.39 is 41.7 Å². The molecule has 1 fully saturated rings. The number of halogens is 1. The Morgan fingerprint density at radius 2 is 2.04 bits per heavy atom. The first-order valence-electron chi connectivity index (χ1n) is 8.10. The van der Waals surface area contributed by atoms with Gasteiger partial charge < -0.3 is 15.5 Å². The molecule has 0 saturated carbocycles. The van der Waals surface area contributed by atoms with E-state index in [1.807, 2.05) is 0 Å². The van der Waals surface area contributed by atoms with Crippen LogP contribution in [-0.4, -0.2) is 59.2 Å². The molecule has 9 heteroatoms. The van der Waals surface area contributed by atoms with Gasteiger partial charge in [-0.1, -0.05) is 13.0 Å². The Morgan fingerprint density at radius 1 is 1.35 bits per heavy atom. The van der Waals surface area contributed by atoms with E-state index in [-0.39, 0.29) is 12.2 Å². The number of hydrogen-bond donors (Lipinski definition) is 2. The molecule has 26 heavy (non-hydrogen) atoms. The van der Waals surface area contributed by atoms with Gasteiger partial charge in [-0.05, 0) is 31.5 Å². The number of nitrogens with zero attached hydrogens (tertiary/aromatic N) is 2. The fourth-order valence-electron chi connectivity index (χ4n) is 2.46. The van der Waals surface area contributed by atoms with Crippen molar-refractivity contribution in [1.29, 1.82) is 0 Å². The van der Waals surface area contributed by atoms with Crippen LogP contribution in [0.3, 0.4) is 0 Å². The third-order valence-electron chi connectivity index (χ3n) is 4.26. The molecule has 0 bridgehead atoms. The lowest BCUT2D eigenvalue weighted by Gasteiger charge is -2.21. The number of carbonyl (C=O) groups is 4. The summed E-state index contributed by atoms with van der Waals surface area (Å²) in [5, 5.41) is 5.02. The first-order chi connectivity index (χ1) is 12.2. The summed E-state index contributed by atoms with van der Waals surface area (Å²) in [4.78, 5) is 50.3. The van der Waals surface area contributed by atoms with Gasteiger partial charge in [-0.2, -0.15) is 0 Å². The fraction of sp³-hybridized carbons (Fsp3) is 0.412. The van der Waals surface area contributed by atoms with Crippen LogP contribution in [0.15, 0.2) is 24.3 Å². The van der Waals surface area contributed by atoms with Crippen molar-refractivity contribution in [3.8, 4) is 0 Å². The summed E-state index contributed by atoms with van der Waals surface area (Å²) in [6.07, 6.45) is 0.397. The molecule has 1 aliphatic heterocycles. The average molecular weight is 364 g/mol. The molecular weight excluding hydrogens is 343 g/mol. The molecule has 0 aliphatic carbocycles. The minimum Gasteiger partial charge on any atom is -0.335 e. The van der Waals surface area contributed by atoms with Crippen molar-refractivity contribution in [1.82, 2.24) is 15.1 Å². The van der Waals surface area contributed by atoms with Gasteiger partial charge in [-0.3, -0.25) is 19.3 Å². The van der Waals surface area contributed by atoms with E-state index in [1.54, 1.807) is 13.8 Å². The SMILES string of the molecule is CC[C@@]1(C)NC(=O)N(CC(=O)N(C)CC(=O)Nc2cccc(F)c2)C1=O. The van der Waals surface area contributed by atoms with Crippen molar-refractivity contribution in [2.45, 2.75) is 25.8 Å². The van der Waals surface area contributed by atoms with E-state index in [9.17, 15) is 23.6 Å². The third-order valence-corrected chi connectivity index (χ3v) is 4.26. The molecule has 1 saturated heterocycles. The van der Waals surface area contributed by atoms with Crippen LogP contribution < -0.4 is 10.6 Å². The highest BCUT2D eigenvalue weighted by atomic mass is 19.1. The number of rotatable bonds is 6. The van der Waals surface area contributed by atoms with Gasteiger partial charge in [0, 0.05) is 12.7 Å². The Morgan fingerprint density at radius 3 is 2.62 bits per heavy atom. The Hall–Kier alpha value is -2.97. The predicted octanol–water partition coefficient (Wildman–Crippen LogP) is 0.943. The summed E-state index contributed by atoms with van der Waals surface area (Å²) in [7, 11) is 1.38. The second kappa shape index (κ2) is 7.51. The number of imide groups is 1. The van der Waals surface area contributed by atoms with Gasteiger partial charge in [0.05, 0.1) is 6.54 Å². The molecule has 1 aromatic rings. The average Bonchev–Trinajstić information content (AvgIpc) is 2.78. The molecule has 2 rings (SSSR count). The molecular formula is C17H21FN4O4. The van der Waals surface area contributed by atoms with E-state index in [1.165, 1.54) is 25.2 Å². The number of nitrogens with one attached hydrogen (secondary N) is 2. The van der Waals surface area contributed by atoms with Gasteiger partial charge in [0.15, 0.2) is 0 Å². The fourth-order valence-corrected chi connectivity index (χ4v) is 2.46. The Labute approximate surface area is 150 Å². The molecule has 5 amide bonds. The van der Waals surface area contributed by atoms with Crippen LogP contribution in [0.4, 0.5) is 14.9 Å². The molecule has 8 nitrogen and oxygen atoms in total. The summed E-state index contributed by atoms with van der Waals surface area (Å²) in [6, 6.07) is 4.72. The van der Waals surface area contributed by atoms with Crippen molar-refractivity contribution in [3.63, 3.8) is 0 Å². The van der Waals surface area contributed by atoms with Gasteiger partial charge in [0.25, 0.3) is 5.91 Å². The summed E-state index contributed by atoms with van der Waals surface area (Å²) < 4.78 is 13.1. The second-order valence-electron chi connectivity index (χ2n) is 6.32. The number of urea groups is 1. The van der Waals surface area contributed by atoms with Crippen LogP contribution >= 0.6 is 0 Å². The second-order valence-corrected chi connectivity index (χ2v) is 6.32. The highest BCUT2D eigenvalue weighted by Gasteiger charge is 2.47. The molecule has 1 heterocycles. The maximum Gasteiger partial charge on any atom is 0.325 e. The first-order valence-corrected chi connectivity index (χ1v) is 8.10. The third kappa shape index (κ3) is 4.16. The van der Waals surface area contributed by atoms with E-state index in [0.717, 1.165) is 15.9 Å². The number of hydrogen-bond acceptors (Lipinski definition) is 4. The maximum absolute atomic E-state index is 13.1. The highest BCUT2D eigenvalue weighted by Crippen LogP contribution is 2.20. The number of carbonyl (C=O) groups excluding carboxylic acids is 4.